The first-order chi connectivity index (χ1) is 12.5. The van der Waals surface area contributed by atoms with Gasteiger partial charge in [-0.15, -0.1) is 0 Å². The fraction of sp³-hybridized carbons (Fsp3) is 0.647. The Bertz CT molecular complexity index is 809. The molecule has 0 radical (unpaired) electrons. The zero-order valence-corrected chi connectivity index (χ0v) is 18.4. The van der Waals surface area contributed by atoms with Gasteiger partial charge in [-0.2, -0.15) is 26.7 Å². The van der Waals surface area contributed by atoms with Crippen molar-refractivity contribution in [2.24, 2.45) is 0 Å². The Labute approximate surface area is 164 Å². The van der Waals surface area contributed by atoms with Crippen molar-refractivity contribution in [3.63, 3.8) is 0 Å². The summed E-state index contributed by atoms with van der Waals surface area (Å²) < 4.78 is 68.2. The third kappa shape index (κ3) is 5.06. The predicted molar refractivity (Wildman–Crippen MR) is 103 cm³/mol. The number of sulfonamides is 1. The molecule has 11 heteroatoms. The van der Waals surface area contributed by atoms with E-state index in [0.717, 1.165) is 5.06 Å². The molecule has 1 fully saturated rings. The van der Waals surface area contributed by atoms with Crippen LogP contribution in [0.2, 0.25) is 18.1 Å². The minimum absolute atomic E-state index is 0.00115. The quantitative estimate of drug-likeness (QED) is 0.661. The Morgan fingerprint density at radius 1 is 1.25 bits per heavy atom. The van der Waals surface area contributed by atoms with Gasteiger partial charge in [-0.3, -0.25) is 4.72 Å². The second-order valence-electron chi connectivity index (χ2n) is 8.55. The van der Waals surface area contributed by atoms with Crippen LogP contribution in [0.15, 0.2) is 24.3 Å². The first-order valence-corrected chi connectivity index (χ1v) is 13.2. The first-order valence-electron chi connectivity index (χ1n) is 8.86. The van der Waals surface area contributed by atoms with Crippen LogP contribution >= 0.6 is 0 Å². The molecule has 0 saturated carbocycles. The molecule has 0 aromatic heterocycles. The van der Waals surface area contributed by atoms with E-state index in [1.807, 2.05) is 0 Å². The SMILES string of the molecule is CC(C)(C)[Si](C)(C)O[C@@H]1C[C@@H](c2cccc(NS(=O)(=O)C(F)(F)F)c2)N(O)C1. The zero-order chi connectivity index (χ0) is 21.5. The topological polar surface area (TPSA) is 78.9 Å². The van der Waals surface area contributed by atoms with Gasteiger partial charge in [0.2, 0.25) is 0 Å². The average Bonchev–Trinajstić information content (AvgIpc) is 2.84. The summed E-state index contributed by atoms with van der Waals surface area (Å²) in [5.74, 6) is 0. The van der Waals surface area contributed by atoms with Crippen LogP contribution in [0.25, 0.3) is 0 Å². The highest BCUT2D eigenvalue weighted by Crippen LogP contribution is 2.41. The highest BCUT2D eigenvalue weighted by Gasteiger charge is 2.46. The van der Waals surface area contributed by atoms with E-state index in [1.54, 1.807) is 6.07 Å². The van der Waals surface area contributed by atoms with Gasteiger partial charge in [0, 0.05) is 12.2 Å². The van der Waals surface area contributed by atoms with Gasteiger partial charge in [0.15, 0.2) is 8.32 Å². The van der Waals surface area contributed by atoms with Crippen molar-refractivity contribution >= 4 is 24.0 Å². The number of rotatable bonds is 5. The van der Waals surface area contributed by atoms with Crippen LogP contribution in [-0.2, 0) is 14.4 Å². The normalized spacial score (nSPS) is 22.5. The Kier molecular flexibility index (Phi) is 6.28. The van der Waals surface area contributed by atoms with E-state index in [4.69, 9.17) is 4.43 Å². The predicted octanol–water partition coefficient (Wildman–Crippen LogP) is 4.47. The fourth-order valence-corrected chi connectivity index (χ4v) is 4.70. The minimum atomic E-state index is -5.50. The van der Waals surface area contributed by atoms with Crippen molar-refractivity contribution in [1.82, 2.24) is 5.06 Å². The first kappa shape index (κ1) is 23.1. The number of hydroxylamine groups is 2. The molecule has 1 aliphatic rings. The van der Waals surface area contributed by atoms with E-state index >= 15 is 0 Å². The van der Waals surface area contributed by atoms with Crippen molar-refractivity contribution < 1.29 is 31.2 Å². The molecule has 0 spiro atoms. The molecule has 0 amide bonds. The van der Waals surface area contributed by atoms with Crippen molar-refractivity contribution in [2.45, 2.75) is 63.0 Å². The average molecular weight is 441 g/mol. The Balaban J connectivity index is 2.16. The van der Waals surface area contributed by atoms with E-state index < -0.39 is 29.9 Å². The van der Waals surface area contributed by atoms with Gasteiger partial charge in [-0.25, -0.2) is 0 Å². The van der Waals surface area contributed by atoms with E-state index in [2.05, 4.69) is 33.9 Å². The number of anilines is 1. The molecule has 160 valence electrons. The van der Waals surface area contributed by atoms with E-state index in [0.29, 0.717) is 12.0 Å². The zero-order valence-electron chi connectivity index (χ0n) is 16.5. The van der Waals surface area contributed by atoms with Gasteiger partial charge in [0.1, 0.15) is 0 Å². The van der Waals surface area contributed by atoms with Gasteiger partial charge in [0.05, 0.1) is 12.1 Å². The molecule has 1 aromatic rings. The fourth-order valence-electron chi connectivity index (χ4n) is 2.79. The maximum absolute atomic E-state index is 12.6. The van der Waals surface area contributed by atoms with Crippen LogP contribution in [-0.4, -0.2) is 45.2 Å². The highest BCUT2D eigenvalue weighted by atomic mass is 32.2. The molecule has 1 saturated heterocycles. The number of hydrogen-bond acceptors (Lipinski definition) is 5. The molecule has 1 aliphatic heterocycles. The Morgan fingerprint density at radius 2 is 1.86 bits per heavy atom. The molecule has 2 rings (SSSR count). The molecule has 0 bridgehead atoms. The van der Waals surface area contributed by atoms with Crippen LogP contribution < -0.4 is 4.72 Å². The molecule has 6 nitrogen and oxygen atoms in total. The number of halogens is 3. The lowest BCUT2D eigenvalue weighted by Crippen LogP contribution is -2.44. The summed E-state index contributed by atoms with van der Waals surface area (Å²) in [6.07, 6.45) is 0.241. The third-order valence-electron chi connectivity index (χ3n) is 5.33. The molecule has 0 unspecified atom stereocenters. The summed E-state index contributed by atoms with van der Waals surface area (Å²) in [5, 5.41) is 11.4. The van der Waals surface area contributed by atoms with Gasteiger partial charge in [0.25, 0.3) is 0 Å². The van der Waals surface area contributed by atoms with Crippen molar-refractivity contribution in [3.8, 4) is 0 Å². The van der Waals surface area contributed by atoms with Crippen LogP contribution in [0.4, 0.5) is 18.9 Å². The summed E-state index contributed by atoms with van der Waals surface area (Å²) >= 11 is 0. The smallest absolute Gasteiger partial charge is 0.412 e. The lowest BCUT2D eigenvalue weighted by Gasteiger charge is -2.38. The van der Waals surface area contributed by atoms with E-state index in [9.17, 15) is 26.8 Å². The standard InChI is InChI=1S/C17H27F3N2O4SSi/c1-16(2,3)28(4,5)26-14-10-15(22(23)11-14)12-7-6-8-13(9-12)21-27(24,25)17(18,19)20/h6-9,14-15,21,23H,10-11H2,1-5H3/t14-,15+/m1/s1. The molecule has 28 heavy (non-hydrogen) atoms. The van der Waals surface area contributed by atoms with Gasteiger partial charge in [-0.05, 0) is 42.2 Å². The number of nitrogens with one attached hydrogen (secondary N) is 1. The van der Waals surface area contributed by atoms with Gasteiger partial charge >= 0.3 is 15.5 Å². The summed E-state index contributed by atoms with van der Waals surface area (Å²) in [6, 6.07) is 5.11. The number of nitrogens with zero attached hydrogens (tertiary/aromatic N) is 1. The molecular weight excluding hydrogens is 413 g/mol. The highest BCUT2D eigenvalue weighted by molar-refractivity contribution is 7.93. The molecule has 0 aliphatic carbocycles. The van der Waals surface area contributed by atoms with Crippen molar-refractivity contribution in [3.05, 3.63) is 29.8 Å². The summed E-state index contributed by atoms with van der Waals surface area (Å²) in [5.41, 5.74) is -5.11. The summed E-state index contributed by atoms with van der Waals surface area (Å²) in [4.78, 5) is 0. The molecular formula is C17H27F3N2O4SSi. The van der Waals surface area contributed by atoms with Crippen molar-refractivity contribution in [1.29, 1.82) is 0 Å². The lowest BCUT2D eigenvalue weighted by atomic mass is 10.0. The maximum atomic E-state index is 12.6. The van der Waals surface area contributed by atoms with Crippen LogP contribution in [0, 0.1) is 0 Å². The summed E-state index contributed by atoms with van der Waals surface area (Å²) in [7, 11) is -7.55. The van der Waals surface area contributed by atoms with E-state index in [-0.39, 0.29) is 23.4 Å². The Hall–Kier alpha value is -1.14. The van der Waals surface area contributed by atoms with Crippen LogP contribution in [0.3, 0.4) is 0 Å². The second kappa shape index (κ2) is 7.60. The second-order valence-corrected chi connectivity index (χ2v) is 15.0. The molecule has 1 aromatic carbocycles. The minimum Gasteiger partial charge on any atom is -0.412 e. The lowest BCUT2D eigenvalue weighted by molar-refractivity contribution is -0.108. The molecule has 1 heterocycles. The monoisotopic (exact) mass is 440 g/mol. The van der Waals surface area contributed by atoms with E-state index in [1.165, 1.54) is 22.9 Å². The maximum Gasteiger partial charge on any atom is 0.516 e. The number of alkyl halides is 3. The number of hydrogen-bond donors (Lipinski definition) is 2. The van der Waals surface area contributed by atoms with Crippen LogP contribution in [0.5, 0.6) is 0 Å². The Morgan fingerprint density at radius 3 is 2.39 bits per heavy atom. The molecule has 2 N–H and O–H groups in total. The van der Waals surface area contributed by atoms with Crippen molar-refractivity contribution in [2.75, 3.05) is 11.3 Å². The van der Waals surface area contributed by atoms with Gasteiger partial charge < -0.3 is 9.63 Å². The summed E-state index contributed by atoms with van der Waals surface area (Å²) in [6.45, 7) is 10.8. The number of benzene rings is 1. The van der Waals surface area contributed by atoms with Gasteiger partial charge in [-0.1, -0.05) is 32.9 Å². The molecule has 2 atom stereocenters. The third-order valence-corrected chi connectivity index (χ3v) is 11.0. The van der Waals surface area contributed by atoms with Crippen LogP contribution in [0.1, 0.15) is 38.8 Å². The largest absolute Gasteiger partial charge is 0.516 e.